The Bertz CT molecular complexity index is 1060. The lowest BCUT2D eigenvalue weighted by molar-refractivity contribution is -0.143. The van der Waals surface area contributed by atoms with Crippen LogP contribution >= 0.6 is 0 Å². The Balaban J connectivity index is 1.60. The summed E-state index contributed by atoms with van der Waals surface area (Å²) in [5.41, 5.74) is 2.20. The predicted octanol–water partition coefficient (Wildman–Crippen LogP) is 3.59. The first-order chi connectivity index (χ1) is 18.8. The van der Waals surface area contributed by atoms with Crippen LogP contribution in [0.4, 0.5) is 0 Å². The highest BCUT2D eigenvalue weighted by atomic mass is 16.2. The summed E-state index contributed by atoms with van der Waals surface area (Å²) < 4.78 is 0. The van der Waals surface area contributed by atoms with Crippen molar-refractivity contribution in [3.8, 4) is 0 Å². The second kappa shape index (κ2) is 13.4. The number of benzene rings is 2. The first-order valence-corrected chi connectivity index (χ1v) is 14.4. The molecule has 2 aliphatic rings. The topological polar surface area (TPSA) is 81.8 Å². The number of Topliss-reactive ketones (excluding diaryl/α,β-unsaturated/α-hetero) is 1. The molecule has 210 valence electrons. The quantitative estimate of drug-likeness (QED) is 0.462. The zero-order valence-corrected chi connectivity index (χ0v) is 23.8. The third-order valence-corrected chi connectivity index (χ3v) is 8.52. The van der Waals surface area contributed by atoms with Gasteiger partial charge in [0.1, 0.15) is 6.04 Å². The standard InChI is InChI=1S/C32H44N4O3/c1-5-27(33-2)31(38)34-30-24(21-35(3)4)16-17-25-18-19-28(36(25)32(30)39)29(37)20-26(22-12-8-6-9-13-22)23-14-10-7-11-15-23/h6-15,24-28,30,33H,5,16-21H2,1-4H3,(H,34,38)/t24-,25+,27+,28+,30+/m1/s1. The predicted molar refractivity (Wildman–Crippen MR) is 154 cm³/mol. The number of carbonyl (C=O) groups excluding carboxylic acids is 3. The van der Waals surface area contributed by atoms with Crippen molar-refractivity contribution in [3.05, 3.63) is 71.8 Å². The van der Waals surface area contributed by atoms with E-state index in [1.807, 2.05) is 62.3 Å². The van der Waals surface area contributed by atoms with Gasteiger partial charge in [-0.15, -0.1) is 0 Å². The van der Waals surface area contributed by atoms with Crippen LogP contribution in [0.3, 0.4) is 0 Å². The van der Waals surface area contributed by atoms with Crippen molar-refractivity contribution in [1.29, 1.82) is 0 Å². The van der Waals surface area contributed by atoms with Crippen LogP contribution in [0.15, 0.2) is 60.7 Å². The van der Waals surface area contributed by atoms with Crippen molar-refractivity contribution in [2.45, 2.75) is 75.5 Å². The van der Waals surface area contributed by atoms with Crippen LogP contribution in [0.5, 0.6) is 0 Å². The number of hydrogen-bond acceptors (Lipinski definition) is 5. The maximum Gasteiger partial charge on any atom is 0.246 e. The molecule has 0 aromatic heterocycles. The minimum Gasteiger partial charge on any atom is -0.343 e. The largest absolute Gasteiger partial charge is 0.343 e. The Morgan fingerprint density at radius 2 is 1.54 bits per heavy atom. The fourth-order valence-corrected chi connectivity index (χ4v) is 6.51. The summed E-state index contributed by atoms with van der Waals surface area (Å²) in [6, 6.07) is 18.9. The van der Waals surface area contributed by atoms with E-state index in [0.717, 1.165) is 30.4 Å². The number of hydrogen-bond donors (Lipinski definition) is 2. The van der Waals surface area contributed by atoms with E-state index in [1.165, 1.54) is 0 Å². The number of nitrogens with zero attached hydrogens (tertiary/aromatic N) is 2. The average molecular weight is 533 g/mol. The molecule has 4 rings (SSSR count). The van der Waals surface area contributed by atoms with Gasteiger partial charge in [0.25, 0.3) is 0 Å². The molecule has 2 saturated heterocycles. The van der Waals surface area contributed by atoms with Crippen LogP contribution < -0.4 is 10.6 Å². The third kappa shape index (κ3) is 6.76. The number of rotatable bonds is 11. The van der Waals surface area contributed by atoms with Crippen LogP contribution in [0, 0.1) is 5.92 Å². The minimum absolute atomic E-state index is 0.00597. The molecule has 7 nitrogen and oxygen atoms in total. The molecule has 0 bridgehead atoms. The minimum atomic E-state index is -0.639. The molecule has 2 amide bonds. The molecule has 2 aromatic carbocycles. The first kappa shape index (κ1) is 29.0. The lowest BCUT2D eigenvalue weighted by Gasteiger charge is -2.34. The summed E-state index contributed by atoms with van der Waals surface area (Å²) >= 11 is 0. The molecule has 7 heteroatoms. The van der Waals surface area contributed by atoms with E-state index in [0.29, 0.717) is 25.8 Å². The van der Waals surface area contributed by atoms with E-state index >= 15 is 0 Å². The summed E-state index contributed by atoms with van der Waals surface area (Å²) in [4.78, 5) is 45.3. The SMILES string of the molecule is CC[C@H](NC)C(=O)N[C@@H]1C(=O)N2[C@@H](CC[C@@H]1CN(C)C)CC[C@H]2C(=O)CC(c1ccccc1)c1ccccc1. The van der Waals surface area contributed by atoms with Gasteiger partial charge >= 0.3 is 0 Å². The molecule has 0 aliphatic carbocycles. The molecule has 2 N–H and O–H groups in total. The van der Waals surface area contributed by atoms with Gasteiger partial charge in [0, 0.05) is 30.8 Å². The van der Waals surface area contributed by atoms with Crippen LogP contribution in [-0.4, -0.2) is 79.3 Å². The highest BCUT2D eigenvalue weighted by Gasteiger charge is 2.47. The highest BCUT2D eigenvalue weighted by molar-refractivity contribution is 5.95. The molecular formula is C32H44N4O3. The summed E-state index contributed by atoms with van der Waals surface area (Å²) in [7, 11) is 5.76. The van der Waals surface area contributed by atoms with Crippen molar-refractivity contribution < 1.29 is 14.4 Å². The van der Waals surface area contributed by atoms with E-state index in [9.17, 15) is 14.4 Å². The Kier molecular flexibility index (Phi) is 9.92. The number of fused-ring (bicyclic) bond motifs is 1. The van der Waals surface area contributed by atoms with E-state index in [4.69, 9.17) is 0 Å². The maximum absolute atomic E-state index is 14.2. The Hall–Kier alpha value is -3.03. The zero-order chi connectivity index (χ0) is 27.9. The van der Waals surface area contributed by atoms with Gasteiger partial charge in [0.2, 0.25) is 11.8 Å². The second-order valence-electron chi connectivity index (χ2n) is 11.4. The average Bonchev–Trinajstić information content (AvgIpc) is 3.33. The molecule has 0 spiro atoms. The number of likely N-dealkylation sites (N-methyl/N-ethyl adjacent to an activating group) is 1. The van der Waals surface area contributed by atoms with Gasteiger partial charge in [0.05, 0.1) is 12.1 Å². The van der Waals surface area contributed by atoms with Crippen LogP contribution in [0.2, 0.25) is 0 Å². The van der Waals surface area contributed by atoms with Crippen molar-refractivity contribution in [3.63, 3.8) is 0 Å². The molecule has 0 saturated carbocycles. The van der Waals surface area contributed by atoms with Crippen molar-refractivity contribution in [1.82, 2.24) is 20.4 Å². The number of nitrogens with one attached hydrogen (secondary N) is 2. The van der Waals surface area contributed by atoms with E-state index < -0.39 is 12.1 Å². The number of carbonyl (C=O) groups is 3. The molecule has 0 radical (unpaired) electrons. The van der Waals surface area contributed by atoms with Gasteiger partial charge in [-0.05, 0) is 64.4 Å². The van der Waals surface area contributed by atoms with E-state index in [-0.39, 0.29) is 41.5 Å². The fraction of sp³-hybridized carbons (Fsp3) is 0.531. The maximum atomic E-state index is 14.2. The number of amides is 2. The summed E-state index contributed by atoms with van der Waals surface area (Å²) in [5, 5.41) is 6.15. The molecule has 2 aromatic rings. The van der Waals surface area contributed by atoms with Gasteiger partial charge in [-0.25, -0.2) is 0 Å². The molecule has 39 heavy (non-hydrogen) atoms. The molecule has 5 atom stereocenters. The summed E-state index contributed by atoms with van der Waals surface area (Å²) in [5.74, 6) is -0.236. The van der Waals surface area contributed by atoms with Gasteiger partial charge in [-0.1, -0.05) is 67.6 Å². The first-order valence-electron chi connectivity index (χ1n) is 14.4. The lowest BCUT2D eigenvalue weighted by Crippen LogP contribution is -2.58. The van der Waals surface area contributed by atoms with E-state index in [2.05, 4.69) is 39.8 Å². The Morgan fingerprint density at radius 1 is 0.949 bits per heavy atom. The summed E-state index contributed by atoms with van der Waals surface area (Å²) in [6.45, 7) is 2.66. The van der Waals surface area contributed by atoms with Crippen molar-refractivity contribution >= 4 is 17.6 Å². The van der Waals surface area contributed by atoms with Crippen LogP contribution in [0.1, 0.15) is 62.5 Å². The summed E-state index contributed by atoms with van der Waals surface area (Å²) in [6.07, 6.45) is 4.17. The highest BCUT2D eigenvalue weighted by Crippen LogP contribution is 2.37. The lowest BCUT2D eigenvalue weighted by atomic mass is 9.85. The Morgan fingerprint density at radius 3 is 2.08 bits per heavy atom. The zero-order valence-electron chi connectivity index (χ0n) is 23.8. The van der Waals surface area contributed by atoms with Crippen LogP contribution in [-0.2, 0) is 14.4 Å². The molecule has 2 aliphatic heterocycles. The normalized spacial score (nSPS) is 23.9. The van der Waals surface area contributed by atoms with Crippen LogP contribution in [0.25, 0.3) is 0 Å². The monoisotopic (exact) mass is 532 g/mol. The molecule has 2 fully saturated rings. The Labute approximate surface area is 233 Å². The van der Waals surface area contributed by atoms with E-state index in [1.54, 1.807) is 7.05 Å². The molecular weight excluding hydrogens is 488 g/mol. The molecule has 0 unspecified atom stereocenters. The van der Waals surface area contributed by atoms with Crippen molar-refractivity contribution in [2.75, 3.05) is 27.7 Å². The van der Waals surface area contributed by atoms with Gasteiger partial charge in [-0.3, -0.25) is 14.4 Å². The van der Waals surface area contributed by atoms with Gasteiger partial charge in [-0.2, -0.15) is 0 Å². The third-order valence-electron chi connectivity index (χ3n) is 8.52. The second-order valence-corrected chi connectivity index (χ2v) is 11.4. The smallest absolute Gasteiger partial charge is 0.246 e. The van der Waals surface area contributed by atoms with Crippen molar-refractivity contribution in [2.24, 2.45) is 5.92 Å². The number of ketones is 1. The van der Waals surface area contributed by atoms with Gasteiger partial charge in [0.15, 0.2) is 5.78 Å². The molecule has 2 heterocycles. The fourth-order valence-electron chi connectivity index (χ4n) is 6.51. The van der Waals surface area contributed by atoms with Gasteiger partial charge < -0.3 is 20.4 Å².